The number of anilines is 1. The predicted octanol–water partition coefficient (Wildman–Crippen LogP) is 2.60. The number of para-hydroxylation sites is 2. The molecule has 0 bridgehead atoms. The predicted molar refractivity (Wildman–Crippen MR) is 98.5 cm³/mol. The molecule has 0 aliphatic carbocycles. The summed E-state index contributed by atoms with van der Waals surface area (Å²) < 4.78 is 11.6. The maximum Gasteiger partial charge on any atom is 0.419 e. The van der Waals surface area contributed by atoms with Crippen LogP contribution in [0.4, 0.5) is 5.69 Å². The van der Waals surface area contributed by atoms with Crippen molar-refractivity contribution in [2.45, 2.75) is 26.0 Å². The van der Waals surface area contributed by atoms with E-state index in [-0.39, 0.29) is 18.1 Å². The number of pyridine rings is 1. The van der Waals surface area contributed by atoms with E-state index in [4.69, 9.17) is 20.8 Å². The summed E-state index contributed by atoms with van der Waals surface area (Å²) in [5.74, 6) is -1.71. The number of amides is 1. The summed E-state index contributed by atoms with van der Waals surface area (Å²) in [6, 6.07) is 10.1. The summed E-state index contributed by atoms with van der Waals surface area (Å²) in [5.41, 5.74) is 1.35. The minimum Gasteiger partial charge on any atom is -0.452 e. The van der Waals surface area contributed by atoms with Crippen molar-refractivity contribution < 1.29 is 18.7 Å². The van der Waals surface area contributed by atoms with Gasteiger partial charge >= 0.3 is 11.7 Å². The number of halogens is 1. The number of nitrogens with zero attached hydrogens (tertiary/aromatic N) is 2. The Hall–Kier alpha value is -3.13. The van der Waals surface area contributed by atoms with Gasteiger partial charge in [0.2, 0.25) is 0 Å². The zero-order valence-electron chi connectivity index (χ0n) is 14.3. The minimum absolute atomic E-state index is 0.0808. The molecule has 2 heterocycles. The van der Waals surface area contributed by atoms with E-state index in [1.807, 2.05) is 0 Å². The highest BCUT2D eigenvalue weighted by Crippen LogP contribution is 2.18. The Balaban J connectivity index is 1.57. The lowest BCUT2D eigenvalue weighted by molar-refractivity contribution is -0.153. The lowest BCUT2D eigenvalue weighted by Gasteiger charge is -2.14. The molecule has 0 unspecified atom stereocenters. The average Bonchev–Trinajstić information content (AvgIpc) is 2.97. The van der Waals surface area contributed by atoms with Gasteiger partial charge in [-0.25, -0.2) is 9.78 Å². The van der Waals surface area contributed by atoms with Crippen LogP contribution >= 0.6 is 11.6 Å². The highest BCUT2D eigenvalue weighted by molar-refractivity contribution is 6.32. The Bertz CT molecular complexity index is 1040. The Morgan fingerprint density at radius 1 is 1.30 bits per heavy atom. The number of esters is 1. The minimum atomic E-state index is -1.04. The number of oxazole rings is 1. The van der Waals surface area contributed by atoms with Gasteiger partial charge in [0.1, 0.15) is 0 Å². The molecule has 0 aliphatic heterocycles. The number of rotatable bonds is 6. The average molecular weight is 390 g/mol. The molecule has 0 saturated heterocycles. The standard InChI is InChI=1S/C18H16ClN3O5/c1-11(17(24)21-12-5-4-9-20-16(12)19)26-15(23)8-10-22-13-6-2-3-7-14(13)27-18(22)25/h2-7,9,11H,8,10H2,1H3,(H,21,24)/t11-/m1/s1. The number of hydrogen-bond donors (Lipinski definition) is 1. The molecule has 0 fully saturated rings. The van der Waals surface area contributed by atoms with Crippen LogP contribution in [0.15, 0.2) is 51.8 Å². The number of carbonyl (C=O) groups is 2. The van der Waals surface area contributed by atoms with E-state index in [1.54, 1.807) is 36.4 Å². The molecule has 1 aromatic carbocycles. The molecule has 0 aliphatic rings. The zero-order chi connectivity index (χ0) is 19.4. The van der Waals surface area contributed by atoms with E-state index in [9.17, 15) is 14.4 Å². The molecule has 0 spiro atoms. The third kappa shape index (κ3) is 4.35. The van der Waals surface area contributed by atoms with Crippen LogP contribution in [0.5, 0.6) is 0 Å². The van der Waals surface area contributed by atoms with E-state index < -0.39 is 23.7 Å². The van der Waals surface area contributed by atoms with Gasteiger partial charge in [-0.1, -0.05) is 23.7 Å². The molecule has 1 N–H and O–H groups in total. The van der Waals surface area contributed by atoms with E-state index in [1.165, 1.54) is 17.7 Å². The van der Waals surface area contributed by atoms with Crippen molar-refractivity contribution in [3.05, 3.63) is 58.3 Å². The van der Waals surface area contributed by atoms with Crippen molar-refractivity contribution in [2.24, 2.45) is 0 Å². The first kappa shape index (κ1) is 18.7. The number of aryl methyl sites for hydroxylation is 1. The first-order valence-electron chi connectivity index (χ1n) is 8.15. The van der Waals surface area contributed by atoms with Crippen LogP contribution in [0, 0.1) is 0 Å². The first-order valence-corrected chi connectivity index (χ1v) is 8.52. The van der Waals surface area contributed by atoms with Gasteiger partial charge in [-0.05, 0) is 31.2 Å². The lowest BCUT2D eigenvalue weighted by Crippen LogP contribution is -2.30. The van der Waals surface area contributed by atoms with Crippen LogP contribution in [0.3, 0.4) is 0 Å². The van der Waals surface area contributed by atoms with Crippen molar-refractivity contribution in [3.63, 3.8) is 0 Å². The third-order valence-electron chi connectivity index (χ3n) is 3.81. The van der Waals surface area contributed by atoms with Gasteiger partial charge < -0.3 is 14.5 Å². The molecule has 9 heteroatoms. The van der Waals surface area contributed by atoms with E-state index in [2.05, 4.69) is 10.3 Å². The zero-order valence-corrected chi connectivity index (χ0v) is 15.1. The number of ether oxygens (including phenoxy) is 1. The molecule has 1 atom stereocenters. The van der Waals surface area contributed by atoms with E-state index in [0.29, 0.717) is 16.8 Å². The van der Waals surface area contributed by atoms with Crippen LogP contribution in [0.2, 0.25) is 5.15 Å². The number of aromatic nitrogens is 2. The molecule has 3 rings (SSSR count). The summed E-state index contributed by atoms with van der Waals surface area (Å²) in [5, 5.41) is 2.67. The highest BCUT2D eigenvalue weighted by Gasteiger charge is 2.19. The molecule has 27 heavy (non-hydrogen) atoms. The summed E-state index contributed by atoms with van der Waals surface area (Å²) in [4.78, 5) is 39.9. The number of fused-ring (bicyclic) bond motifs is 1. The SMILES string of the molecule is C[C@@H](OC(=O)CCn1c(=O)oc2ccccc21)C(=O)Nc1cccnc1Cl. The molecule has 3 aromatic rings. The second-order valence-corrected chi connectivity index (χ2v) is 6.06. The molecular formula is C18H16ClN3O5. The molecule has 140 valence electrons. The third-order valence-corrected chi connectivity index (χ3v) is 4.11. The fourth-order valence-corrected chi connectivity index (χ4v) is 2.62. The first-order chi connectivity index (χ1) is 13.0. The van der Waals surface area contributed by atoms with Crippen molar-refractivity contribution in [2.75, 3.05) is 5.32 Å². The van der Waals surface area contributed by atoms with Crippen molar-refractivity contribution in [3.8, 4) is 0 Å². The van der Waals surface area contributed by atoms with Crippen LogP contribution in [-0.4, -0.2) is 27.5 Å². The quantitative estimate of drug-likeness (QED) is 0.513. The number of hydrogen-bond acceptors (Lipinski definition) is 6. The van der Waals surface area contributed by atoms with Gasteiger partial charge in [0.15, 0.2) is 16.8 Å². The molecule has 0 saturated carbocycles. The van der Waals surface area contributed by atoms with Crippen molar-refractivity contribution >= 4 is 40.3 Å². The fourth-order valence-electron chi connectivity index (χ4n) is 2.45. The molecule has 0 radical (unpaired) electrons. The van der Waals surface area contributed by atoms with Crippen molar-refractivity contribution in [1.29, 1.82) is 0 Å². The van der Waals surface area contributed by atoms with Gasteiger partial charge in [-0.15, -0.1) is 0 Å². The van der Waals surface area contributed by atoms with Crippen molar-refractivity contribution in [1.82, 2.24) is 9.55 Å². The fraction of sp³-hybridized carbons (Fsp3) is 0.222. The highest BCUT2D eigenvalue weighted by atomic mass is 35.5. The molecular weight excluding hydrogens is 374 g/mol. The maximum absolute atomic E-state index is 12.1. The Morgan fingerprint density at radius 3 is 2.85 bits per heavy atom. The smallest absolute Gasteiger partial charge is 0.419 e. The van der Waals surface area contributed by atoms with Crippen LogP contribution < -0.4 is 11.1 Å². The van der Waals surface area contributed by atoms with Crippen LogP contribution in [-0.2, 0) is 20.9 Å². The summed E-state index contributed by atoms with van der Waals surface area (Å²) in [7, 11) is 0. The van der Waals surface area contributed by atoms with E-state index >= 15 is 0 Å². The van der Waals surface area contributed by atoms with Crippen LogP contribution in [0.25, 0.3) is 11.1 Å². The normalized spacial score (nSPS) is 11.9. The summed E-state index contributed by atoms with van der Waals surface area (Å²) >= 11 is 5.87. The summed E-state index contributed by atoms with van der Waals surface area (Å²) in [6.07, 6.45) is 0.365. The molecule has 2 aromatic heterocycles. The number of nitrogens with one attached hydrogen (secondary N) is 1. The Labute approximate surface area is 158 Å². The lowest BCUT2D eigenvalue weighted by atomic mass is 10.3. The van der Waals surface area contributed by atoms with Crippen LogP contribution in [0.1, 0.15) is 13.3 Å². The number of carbonyl (C=O) groups excluding carboxylic acids is 2. The Kier molecular flexibility index (Phi) is 5.56. The molecule has 1 amide bonds. The topological polar surface area (TPSA) is 103 Å². The monoisotopic (exact) mass is 389 g/mol. The van der Waals surface area contributed by atoms with Gasteiger partial charge in [-0.2, -0.15) is 0 Å². The largest absolute Gasteiger partial charge is 0.452 e. The van der Waals surface area contributed by atoms with Gasteiger partial charge in [0.05, 0.1) is 17.6 Å². The molecule has 8 nitrogen and oxygen atoms in total. The Morgan fingerprint density at radius 2 is 2.07 bits per heavy atom. The second kappa shape index (κ2) is 8.05. The number of benzene rings is 1. The van der Waals surface area contributed by atoms with E-state index in [0.717, 1.165) is 0 Å². The van der Waals surface area contributed by atoms with Gasteiger partial charge in [0, 0.05) is 12.7 Å². The second-order valence-electron chi connectivity index (χ2n) is 5.70. The maximum atomic E-state index is 12.1. The van der Waals surface area contributed by atoms with Gasteiger partial charge in [-0.3, -0.25) is 14.2 Å². The summed E-state index contributed by atoms with van der Waals surface area (Å²) in [6.45, 7) is 1.52. The van der Waals surface area contributed by atoms with Gasteiger partial charge in [0.25, 0.3) is 5.91 Å².